The summed E-state index contributed by atoms with van der Waals surface area (Å²) in [6, 6.07) is 1.96. The third-order valence-electron chi connectivity index (χ3n) is 3.75. The molecule has 1 amide bonds. The number of carbonyl (C=O) groups is 1. The summed E-state index contributed by atoms with van der Waals surface area (Å²) in [5.74, 6) is 6.97. The van der Waals surface area contributed by atoms with E-state index < -0.39 is 0 Å². The number of anilines is 1. The summed E-state index contributed by atoms with van der Waals surface area (Å²) >= 11 is 3.33. The Labute approximate surface area is 127 Å². The topological polar surface area (TPSA) is 80.0 Å². The lowest BCUT2D eigenvalue weighted by molar-refractivity contribution is 0.0911. The molecule has 1 heterocycles. The van der Waals surface area contributed by atoms with Crippen LogP contribution in [0.15, 0.2) is 16.7 Å². The number of amides is 1. The van der Waals surface area contributed by atoms with Crippen LogP contribution in [0.1, 0.15) is 43.5 Å². The van der Waals surface area contributed by atoms with Gasteiger partial charge in [-0.25, -0.2) is 10.8 Å². The summed E-state index contributed by atoms with van der Waals surface area (Å²) in [4.78, 5) is 16.5. The molecule has 1 saturated carbocycles. The molecular weight excluding hydrogens is 320 g/mol. The Bertz CT molecular complexity index is 484. The zero-order valence-corrected chi connectivity index (χ0v) is 13.4. The van der Waals surface area contributed by atoms with Crippen LogP contribution in [0.2, 0.25) is 0 Å². The Hall–Kier alpha value is -1.14. The van der Waals surface area contributed by atoms with Gasteiger partial charge < -0.3 is 10.7 Å². The number of nitrogens with two attached hydrogens (primary N) is 1. The average Bonchev–Trinajstić information content (AvgIpc) is 2.37. The predicted octanol–water partition coefficient (Wildman–Crippen LogP) is 2.68. The van der Waals surface area contributed by atoms with Gasteiger partial charge in [0.05, 0.1) is 5.56 Å². The number of nitrogen functional groups attached to an aromatic ring is 1. The van der Waals surface area contributed by atoms with E-state index in [0.29, 0.717) is 23.2 Å². The van der Waals surface area contributed by atoms with E-state index in [-0.39, 0.29) is 11.9 Å². The van der Waals surface area contributed by atoms with Crippen molar-refractivity contribution >= 4 is 27.7 Å². The predicted molar refractivity (Wildman–Crippen MR) is 83.2 cm³/mol. The second-order valence-corrected chi connectivity index (χ2v) is 6.70. The summed E-state index contributed by atoms with van der Waals surface area (Å²) in [5, 5.41) is 3.10. The lowest BCUT2D eigenvalue weighted by Crippen LogP contribution is -2.40. The van der Waals surface area contributed by atoms with E-state index in [9.17, 15) is 4.79 Å². The fraction of sp³-hybridized carbons (Fsp3) is 0.571. The van der Waals surface area contributed by atoms with Gasteiger partial charge in [0.15, 0.2) is 5.82 Å². The van der Waals surface area contributed by atoms with Crippen LogP contribution in [-0.2, 0) is 0 Å². The Kier molecular flexibility index (Phi) is 4.99. The number of carbonyl (C=O) groups excluding carboxylic acids is 1. The minimum atomic E-state index is -0.127. The number of halogens is 1. The molecule has 5 nitrogen and oxygen atoms in total. The highest BCUT2D eigenvalue weighted by molar-refractivity contribution is 9.10. The number of hydrazine groups is 1. The first kappa shape index (κ1) is 15.3. The fourth-order valence-electron chi connectivity index (χ4n) is 3.06. The van der Waals surface area contributed by atoms with Gasteiger partial charge >= 0.3 is 0 Å². The fourth-order valence-corrected chi connectivity index (χ4v) is 3.39. The molecule has 2 atom stereocenters. The van der Waals surface area contributed by atoms with Crippen molar-refractivity contribution in [1.82, 2.24) is 10.3 Å². The number of pyridine rings is 1. The largest absolute Gasteiger partial charge is 0.349 e. The number of hydrogen-bond donors (Lipinski definition) is 3. The molecule has 4 N–H and O–H groups in total. The van der Waals surface area contributed by atoms with Crippen molar-refractivity contribution in [3.63, 3.8) is 0 Å². The highest BCUT2D eigenvalue weighted by atomic mass is 79.9. The lowest BCUT2D eigenvalue weighted by atomic mass is 9.80. The maximum atomic E-state index is 12.4. The standard InChI is InChI=1S/C14H21BrN4O/c1-8-3-9(2)5-11(4-8)18-14(20)12-6-10(15)7-17-13(12)19-16/h6-9,11H,3-5,16H2,1-2H3,(H,17,19)(H,18,20). The molecule has 0 aromatic carbocycles. The van der Waals surface area contributed by atoms with Crippen molar-refractivity contribution in [1.29, 1.82) is 0 Å². The van der Waals surface area contributed by atoms with Crippen LogP contribution in [0.25, 0.3) is 0 Å². The van der Waals surface area contributed by atoms with Gasteiger partial charge in [-0.3, -0.25) is 4.79 Å². The van der Waals surface area contributed by atoms with Crippen LogP contribution in [0, 0.1) is 11.8 Å². The summed E-state index contributed by atoms with van der Waals surface area (Å²) in [5.41, 5.74) is 2.93. The molecule has 1 aromatic rings. The van der Waals surface area contributed by atoms with Crippen molar-refractivity contribution in [3.05, 3.63) is 22.3 Å². The molecule has 0 bridgehead atoms. The van der Waals surface area contributed by atoms with Crippen molar-refractivity contribution in [2.24, 2.45) is 17.7 Å². The van der Waals surface area contributed by atoms with Gasteiger partial charge in [0, 0.05) is 16.7 Å². The van der Waals surface area contributed by atoms with Gasteiger partial charge in [-0.1, -0.05) is 13.8 Å². The molecule has 2 unspecified atom stereocenters. The van der Waals surface area contributed by atoms with Crippen LogP contribution in [0.3, 0.4) is 0 Å². The van der Waals surface area contributed by atoms with Crippen LogP contribution in [0.4, 0.5) is 5.82 Å². The number of aromatic nitrogens is 1. The smallest absolute Gasteiger partial charge is 0.255 e. The van der Waals surface area contributed by atoms with E-state index in [1.54, 1.807) is 12.3 Å². The van der Waals surface area contributed by atoms with E-state index in [4.69, 9.17) is 5.84 Å². The van der Waals surface area contributed by atoms with Gasteiger partial charge in [-0.15, -0.1) is 0 Å². The van der Waals surface area contributed by atoms with Crippen molar-refractivity contribution in [3.8, 4) is 0 Å². The SMILES string of the molecule is CC1CC(C)CC(NC(=O)c2cc(Br)cnc2NN)C1. The first-order valence-corrected chi connectivity index (χ1v) is 7.72. The van der Waals surface area contributed by atoms with Crippen LogP contribution in [0.5, 0.6) is 0 Å². The van der Waals surface area contributed by atoms with Gasteiger partial charge in [0.25, 0.3) is 5.91 Å². The third kappa shape index (κ3) is 3.70. The second kappa shape index (κ2) is 6.54. The molecule has 0 radical (unpaired) electrons. The molecule has 110 valence electrons. The van der Waals surface area contributed by atoms with Crippen LogP contribution >= 0.6 is 15.9 Å². The molecular formula is C14H21BrN4O. The van der Waals surface area contributed by atoms with Crippen molar-refractivity contribution in [2.45, 2.75) is 39.2 Å². The molecule has 0 aliphatic heterocycles. The molecule has 2 rings (SSSR count). The first-order chi connectivity index (χ1) is 9.49. The molecule has 0 spiro atoms. The monoisotopic (exact) mass is 340 g/mol. The number of rotatable bonds is 3. The Morgan fingerprint density at radius 1 is 1.35 bits per heavy atom. The highest BCUT2D eigenvalue weighted by Crippen LogP contribution is 2.29. The Morgan fingerprint density at radius 3 is 2.60 bits per heavy atom. The Morgan fingerprint density at radius 2 is 2.00 bits per heavy atom. The first-order valence-electron chi connectivity index (χ1n) is 6.92. The minimum absolute atomic E-state index is 0.127. The van der Waals surface area contributed by atoms with E-state index in [1.807, 2.05) is 0 Å². The minimum Gasteiger partial charge on any atom is -0.349 e. The van der Waals surface area contributed by atoms with E-state index >= 15 is 0 Å². The van der Waals surface area contributed by atoms with Crippen LogP contribution in [-0.4, -0.2) is 16.9 Å². The van der Waals surface area contributed by atoms with Crippen molar-refractivity contribution < 1.29 is 4.79 Å². The number of nitrogens with zero attached hydrogens (tertiary/aromatic N) is 1. The summed E-state index contributed by atoms with van der Waals surface area (Å²) < 4.78 is 0.757. The molecule has 0 saturated heterocycles. The zero-order chi connectivity index (χ0) is 14.7. The molecule has 1 aliphatic rings. The van der Waals surface area contributed by atoms with Crippen molar-refractivity contribution in [2.75, 3.05) is 5.43 Å². The summed E-state index contributed by atoms with van der Waals surface area (Å²) in [6.07, 6.45) is 4.91. The summed E-state index contributed by atoms with van der Waals surface area (Å²) in [7, 11) is 0. The van der Waals surface area contributed by atoms with E-state index in [0.717, 1.165) is 17.3 Å². The summed E-state index contributed by atoms with van der Waals surface area (Å²) in [6.45, 7) is 4.48. The van der Waals surface area contributed by atoms with E-state index in [2.05, 4.69) is 45.5 Å². The Balaban J connectivity index is 2.10. The van der Waals surface area contributed by atoms with E-state index in [1.165, 1.54) is 6.42 Å². The van der Waals surface area contributed by atoms with Gasteiger partial charge in [0.2, 0.25) is 0 Å². The lowest BCUT2D eigenvalue weighted by Gasteiger charge is -2.32. The second-order valence-electron chi connectivity index (χ2n) is 5.78. The molecule has 1 aromatic heterocycles. The molecule has 20 heavy (non-hydrogen) atoms. The number of nitrogens with one attached hydrogen (secondary N) is 2. The molecule has 1 aliphatic carbocycles. The molecule has 1 fully saturated rings. The zero-order valence-electron chi connectivity index (χ0n) is 11.8. The van der Waals surface area contributed by atoms with Gasteiger partial charge in [-0.05, 0) is 53.1 Å². The number of hydrogen-bond acceptors (Lipinski definition) is 4. The highest BCUT2D eigenvalue weighted by Gasteiger charge is 2.26. The third-order valence-corrected chi connectivity index (χ3v) is 4.18. The van der Waals surface area contributed by atoms with Crippen LogP contribution < -0.4 is 16.6 Å². The van der Waals surface area contributed by atoms with Gasteiger partial charge in [-0.2, -0.15) is 0 Å². The van der Waals surface area contributed by atoms with Gasteiger partial charge in [0.1, 0.15) is 0 Å². The maximum absolute atomic E-state index is 12.4. The molecule has 6 heteroatoms. The normalized spacial score (nSPS) is 26.1. The quantitative estimate of drug-likeness (QED) is 0.583. The maximum Gasteiger partial charge on any atom is 0.255 e. The average molecular weight is 341 g/mol.